The number of benzene rings is 2. The summed E-state index contributed by atoms with van der Waals surface area (Å²) in [7, 11) is 0. The molecule has 2 amide bonds. The van der Waals surface area contributed by atoms with Crippen LogP contribution in [0.25, 0.3) is 0 Å². The maximum Gasteiger partial charge on any atom is 0.222 e. The van der Waals surface area contributed by atoms with Crippen LogP contribution in [0.2, 0.25) is 0 Å². The van der Waals surface area contributed by atoms with Gasteiger partial charge in [0.1, 0.15) is 0 Å². The molecule has 2 aromatic rings. The number of rotatable bonds is 6. The minimum atomic E-state index is -0.196. The molecule has 1 atom stereocenters. The fraction of sp³-hybridized carbons (Fsp3) is 0.440. The average molecular weight is 422 g/mol. The molecule has 0 spiro atoms. The number of fused-ring (bicyclic) bond motifs is 1. The third kappa shape index (κ3) is 5.51. The summed E-state index contributed by atoms with van der Waals surface area (Å²) in [4.78, 5) is 29.1. The molecule has 2 aliphatic rings. The molecule has 6 heteroatoms. The zero-order chi connectivity index (χ0) is 21.6. The van der Waals surface area contributed by atoms with Gasteiger partial charge in [0.2, 0.25) is 11.8 Å². The Kier molecular flexibility index (Phi) is 6.99. The van der Waals surface area contributed by atoms with Crippen molar-refractivity contribution in [2.75, 3.05) is 32.8 Å². The molecule has 1 N–H and O–H groups in total. The Morgan fingerprint density at radius 3 is 2.45 bits per heavy atom. The van der Waals surface area contributed by atoms with Crippen molar-refractivity contribution in [2.24, 2.45) is 0 Å². The van der Waals surface area contributed by atoms with E-state index in [9.17, 15) is 9.59 Å². The van der Waals surface area contributed by atoms with E-state index in [0.717, 1.165) is 50.4 Å². The van der Waals surface area contributed by atoms with Crippen molar-refractivity contribution >= 4 is 11.8 Å². The summed E-state index contributed by atoms with van der Waals surface area (Å²) in [6.07, 6.45) is 1.12. The van der Waals surface area contributed by atoms with Crippen molar-refractivity contribution in [2.45, 2.75) is 38.9 Å². The molecule has 1 saturated heterocycles. The van der Waals surface area contributed by atoms with Crippen LogP contribution < -0.4 is 5.32 Å². The van der Waals surface area contributed by atoms with E-state index in [1.165, 1.54) is 11.1 Å². The van der Waals surface area contributed by atoms with Gasteiger partial charge in [-0.25, -0.2) is 0 Å². The highest BCUT2D eigenvalue weighted by atomic mass is 16.5. The second kappa shape index (κ2) is 10.1. The van der Waals surface area contributed by atoms with Gasteiger partial charge >= 0.3 is 0 Å². The normalized spacial score (nSPS) is 19.0. The second-order valence-corrected chi connectivity index (χ2v) is 8.36. The smallest absolute Gasteiger partial charge is 0.222 e. The Morgan fingerprint density at radius 2 is 1.71 bits per heavy atom. The molecule has 2 aromatic carbocycles. The Hall–Kier alpha value is -2.70. The first kappa shape index (κ1) is 21.5. The summed E-state index contributed by atoms with van der Waals surface area (Å²) in [5, 5.41) is 3.03. The van der Waals surface area contributed by atoms with Gasteiger partial charge in [-0.2, -0.15) is 0 Å². The van der Waals surface area contributed by atoms with Crippen LogP contribution in [0.1, 0.15) is 41.6 Å². The molecular formula is C25H31N3O3. The fourth-order valence-corrected chi connectivity index (χ4v) is 4.48. The van der Waals surface area contributed by atoms with Gasteiger partial charge in [0.15, 0.2) is 0 Å². The third-order valence-corrected chi connectivity index (χ3v) is 6.22. The first-order valence-corrected chi connectivity index (χ1v) is 11.1. The Bertz CT molecular complexity index is 906. The highest BCUT2D eigenvalue weighted by molar-refractivity contribution is 5.79. The summed E-state index contributed by atoms with van der Waals surface area (Å²) in [5.41, 5.74) is 4.67. The van der Waals surface area contributed by atoms with E-state index in [-0.39, 0.29) is 24.3 Å². The number of nitrogens with one attached hydrogen (secondary N) is 1. The Morgan fingerprint density at radius 1 is 1.00 bits per heavy atom. The van der Waals surface area contributed by atoms with Crippen LogP contribution in [-0.4, -0.2) is 54.5 Å². The molecule has 4 rings (SSSR count). The van der Waals surface area contributed by atoms with Gasteiger partial charge in [0.25, 0.3) is 0 Å². The van der Waals surface area contributed by atoms with Crippen molar-refractivity contribution in [3.8, 4) is 0 Å². The Labute approximate surface area is 184 Å². The number of carbonyl (C=O) groups excluding carboxylic acids is 2. The number of carbonyl (C=O) groups is 2. The van der Waals surface area contributed by atoms with Gasteiger partial charge in [-0.05, 0) is 28.7 Å². The van der Waals surface area contributed by atoms with Gasteiger partial charge < -0.3 is 15.0 Å². The van der Waals surface area contributed by atoms with Crippen LogP contribution >= 0.6 is 0 Å². The van der Waals surface area contributed by atoms with Gasteiger partial charge in [-0.1, -0.05) is 48.5 Å². The minimum absolute atomic E-state index is 0.0168. The molecule has 0 aliphatic carbocycles. The van der Waals surface area contributed by atoms with Crippen LogP contribution in [0.3, 0.4) is 0 Å². The lowest BCUT2D eigenvalue weighted by molar-refractivity contribution is -0.133. The van der Waals surface area contributed by atoms with Crippen molar-refractivity contribution in [3.05, 3.63) is 70.8 Å². The van der Waals surface area contributed by atoms with Crippen molar-refractivity contribution in [3.63, 3.8) is 0 Å². The molecule has 6 nitrogen and oxygen atoms in total. The number of amides is 2. The quantitative estimate of drug-likeness (QED) is 0.779. The summed E-state index contributed by atoms with van der Waals surface area (Å²) in [6.45, 7) is 7.21. The number of hydrogen-bond donors (Lipinski definition) is 1. The summed E-state index contributed by atoms with van der Waals surface area (Å²) in [5.74, 6) is -0.0199. The zero-order valence-electron chi connectivity index (χ0n) is 18.2. The predicted octanol–water partition coefficient (Wildman–Crippen LogP) is 2.67. The molecule has 164 valence electrons. The molecule has 2 aliphatic heterocycles. The lowest BCUT2D eigenvalue weighted by Crippen LogP contribution is -2.41. The van der Waals surface area contributed by atoms with E-state index in [0.29, 0.717) is 13.1 Å². The van der Waals surface area contributed by atoms with E-state index < -0.39 is 0 Å². The monoisotopic (exact) mass is 421 g/mol. The number of ether oxygens (including phenoxy) is 1. The third-order valence-electron chi connectivity index (χ3n) is 6.22. The SMILES string of the molecule is CC(=O)N1CCc2ccccc2C1CC(=O)NCc1ccc(CN2CCOCC2)cc1. The molecule has 0 saturated carbocycles. The lowest BCUT2D eigenvalue weighted by Gasteiger charge is -2.36. The molecule has 31 heavy (non-hydrogen) atoms. The van der Waals surface area contributed by atoms with Crippen molar-refractivity contribution < 1.29 is 14.3 Å². The largest absolute Gasteiger partial charge is 0.379 e. The Balaban J connectivity index is 1.32. The molecule has 0 bridgehead atoms. The number of nitrogens with zero attached hydrogens (tertiary/aromatic N) is 2. The van der Waals surface area contributed by atoms with E-state index >= 15 is 0 Å². The van der Waals surface area contributed by atoms with Gasteiger partial charge in [0, 0.05) is 39.6 Å². The maximum absolute atomic E-state index is 12.7. The maximum atomic E-state index is 12.7. The first-order chi connectivity index (χ1) is 15.1. The zero-order valence-corrected chi connectivity index (χ0v) is 18.2. The van der Waals surface area contributed by atoms with Crippen molar-refractivity contribution in [1.29, 1.82) is 0 Å². The van der Waals surface area contributed by atoms with Gasteiger partial charge in [-0.15, -0.1) is 0 Å². The van der Waals surface area contributed by atoms with Crippen LogP contribution in [0.15, 0.2) is 48.5 Å². The van der Waals surface area contributed by atoms with Crippen molar-refractivity contribution in [1.82, 2.24) is 15.1 Å². The highest BCUT2D eigenvalue weighted by Gasteiger charge is 2.30. The fourth-order valence-electron chi connectivity index (χ4n) is 4.48. The minimum Gasteiger partial charge on any atom is -0.379 e. The van der Waals surface area contributed by atoms with E-state index in [4.69, 9.17) is 4.74 Å². The first-order valence-electron chi connectivity index (χ1n) is 11.1. The van der Waals surface area contributed by atoms with E-state index in [1.807, 2.05) is 23.1 Å². The molecule has 0 aromatic heterocycles. The summed E-state index contributed by atoms with van der Waals surface area (Å²) < 4.78 is 5.40. The predicted molar refractivity (Wildman–Crippen MR) is 119 cm³/mol. The number of morpholine rings is 1. The topological polar surface area (TPSA) is 61.9 Å². The van der Waals surface area contributed by atoms with Crippen LogP contribution in [-0.2, 0) is 33.8 Å². The van der Waals surface area contributed by atoms with E-state index in [2.05, 4.69) is 40.5 Å². The molecule has 0 radical (unpaired) electrons. The summed E-state index contributed by atoms with van der Waals surface area (Å²) >= 11 is 0. The molecule has 1 fully saturated rings. The summed E-state index contributed by atoms with van der Waals surface area (Å²) in [6, 6.07) is 16.3. The standard InChI is InChI=1S/C25H31N3O3/c1-19(29)28-11-10-22-4-2-3-5-23(22)24(28)16-25(30)26-17-20-6-8-21(9-7-20)18-27-12-14-31-15-13-27/h2-9,24H,10-18H2,1H3,(H,26,30). The lowest BCUT2D eigenvalue weighted by atomic mass is 9.90. The molecule has 2 heterocycles. The number of hydrogen-bond acceptors (Lipinski definition) is 4. The van der Waals surface area contributed by atoms with Crippen LogP contribution in [0.4, 0.5) is 0 Å². The van der Waals surface area contributed by atoms with Gasteiger partial charge in [-0.3, -0.25) is 14.5 Å². The van der Waals surface area contributed by atoms with E-state index in [1.54, 1.807) is 6.92 Å². The average Bonchev–Trinajstić information content (AvgIpc) is 2.79. The van der Waals surface area contributed by atoms with Gasteiger partial charge in [0.05, 0.1) is 25.7 Å². The highest BCUT2D eigenvalue weighted by Crippen LogP contribution is 2.32. The second-order valence-electron chi connectivity index (χ2n) is 8.36. The van der Waals surface area contributed by atoms with Crippen LogP contribution in [0.5, 0.6) is 0 Å². The molecular weight excluding hydrogens is 390 g/mol. The van der Waals surface area contributed by atoms with Crippen LogP contribution in [0, 0.1) is 0 Å². The molecule has 1 unspecified atom stereocenters.